The minimum atomic E-state index is 0. The van der Waals surface area contributed by atoms with Crippen molar-refractivity contribution in [3.8, 4) is 0 Å². The van der Waals surface area contributed by atoms with Crippen LogP contribution in [0.2, 0.25) is 0 Å². The molecule has 5 aromatic rings. The van der Waals surface area contributed by atoms with Gasteiger partial charge in [-0.05, 0) is 20.3 Å². The van der Waals surface area contributed by atoms with Crippen LogP contribution in [0.3, 0.4) is 0 Å². The van der Waals surface area contributed by atoms with Crippen molar-refractivity contribution >= 4 is 24.8 Å². The van der Waals surface area contributed by atoms with Gasteiger partial charge in [-0.3, -0.25) is 6.08 Å². The Hall–Kier alpha value is -2.44. The predicted octanol–water partition coefficient (Wildman–Crippen LogP) is 5.96. The molecule has 6 rings (SSSR count). The number of benzene rings is 4. The first-order valence-electron chi connectivity index (χ1n) is 16.0. The Morgan fingerprint density at radius 3 is 1.56 bits per heavy atom. The number of allylic oxidation sites excluding steroid dienone is 4. The van der Waals surface area contributed by atoms with Gasteiger partial charge in [0.25, 0.3) is 0 Å². The molecule has 0 nitrogen and oxygen atoms in total. The Balaban J connectivity index is 0.000000230. The molecule has 0 unspecified atom stereocenters. The molecule has 0 saturated carbocycles. The summed E-state index contributed by atoms with van der Waals surface area (Å²) in [4.78, 5) is 0. The van der Waals surface area contributed by atoms with E-state index in [0.717, 1.165) is 6.42 Å². The predicted molar refractivity (Wildman–Crippen MR) is 186 cm³/mol. The number of rotatable bonds is 8. The molecule has 0 spiro atoms. The monoisotopic (exact) mass is 710 g/mol. The van der Waals surface area contributed by atoms with Gasteiger partial charge in [0.15, 0.2) is 0 Å². The molecule has 0 aliphatic heterocycles. The van der Waals surface area contributed by atoms with Crippen LogP contribution < -0.4 is 24.8 Å². The van der Waals surface area contributed by atoms with Crippen molar-refractivity contribution in [1.29, 1.82) is 0 Å². The summed E-state index contributed by atoms with van der Waals surface area (Å²) < 4.78 is 1.42. The van der Waals surface area contributed by atoms with Crippen LogP contribution >= 0.6 is 0 Å². The zero-order valence-corrected chi connectivity index (χ0v) is 31.5. The van der Waals surface area contributed by atoms with Gasteiger partial charge in [0.1, 0.15) is 0 Å². The van der Waals surface area contributed by atoms with E-state index in [0.29, 0.717) is 0 Å². The van der Waals surface area contributed by atoms with E-state index in [1.807, 2.05) is 0 Å². The Morgan fingerprint density at radius 2 is 1.11 bits per heavy atom. The summed E-state index contributed by atoms with van der Waals surface area (Å²) in [5, 5.41) is 5.46. The molecule has 45 heavy (non-hydrogen) atoms. The van der Waals surface area contributed by atoms with E-state index in [4.69, 9.17) is 0 Å². The molecule has 0 atom stereocenters. The molecule has 3 heteroatoms. The van der Waals surface area contributed by atoms with E-state index < -0.39 is 0 Å². The van der Waals surface area contributed by atoms with Gasteiger partial charge in [0.05, 0.1) is 0 Å². The minimum absolute atomic E-state index is 0. The summed E-state index contributed by atoms with van der Waals surface area (Å²) in [6.45, 7) is 11.1. The molecule has 0 amide bonds. The molecule has 1 aliphatic rings. The van der Waals surface area contributed by atoms with Gasteiger partial charge < -0.3 is 24.8 Å². The van der Waals surface area contributed by atoms with Crippen molar-refractivity contribution in [1.82, 2.24) is 0 Å². The Labute approximate surface area is 299 Å². The molecule has 0 saturated heterocycles. The summed E-state index contributed by atoms with van der Waals surface area (Å²) in [6.07, 6.45) is 12.3. The second-order valence-electron chi connectivity index (χ2n) is 11.6. The van der Waals surface area contributed by atoms with Crippen LogP contribution in [0.15, 0.2) is 120 Å². The molecule has 234 valence electrons. The van der Waals surface area contributed by atoms with Crippen LogP contribution in [0.25, 0.3) is 21.5 Å². The molecule has 0 N–H and O–H groups in total. The summed E-state index contributed by atoms with van der Waals surface area (Å²) in [7, 11) is 0. The molecule has 0 bridgehead atoms. The third kappa shape index (κ3) is 10.8. The summed E-state index contributed by atoms with van der Waals surface area (Å²) in [6, 6.07) is 36.7. The van der Waals surface area contributed by atoms with Crippen molar-refractivity contribution in [2.75, 3.05) is 0 Å². The zero-order chi connectivity index (χ0) is 30.6. The third-order valence-electron chi connectivity index (χ3n) is 8.00. The zero-order valence-electron chi connectivity index (χ0n) is 27.5. The number of halogens is 2. The summed E-state index contributed by atoms with van der Waals surface area (Å²) in [5.41, 5.74) is 10.2. The fourth-order valence-corrected chi connectivity index (χ4v) is 6.71. The first-order chi connectivity index (χ1) is 20.9. The van der Waals surface area contributed by atoms with E-state index >= 15 is 0 Å². The Morgan fingerprint density at radius 1 is 0.644 bits per heavy atom. The van der Waals surface area contributed by atoms with Crippen molar-refractivity contribution in [3.63, 3.8) is 0 Å². The van der Waals surface area contributed by atoms with Gasteiger partial charge in [-0.15, -0.1) is 46.2 Å². The van der Waals surface area contributed by atoms with Gasteiger partial charge in [0, 0.05) is 0 Å². The second kappa shape index (κ2) is 19.9. The summed E-state index contributed by atoms with van der Waals surface area (Å²) >= 11 is 1.46. The topological polar surface area (TPSA) is 0 Å². The average molecular weight is 713 g/mol. The normalized spacial score (nSPS) is 11.9. The van der Waals surface area contributed by atoms with Crippen LogP contribution in [-0.4, -0.2) is 3.21 Å². The van der Waals surface area contributed by atoms with E-state index in [2.05, 4.69) is 144 Å². The third-order valence-corrected chi connectivity index (χ3v) is 9.42. The van der Waals surface area contributed by atoms with E-state index in [-0.39, 0.29) is 24.8 Å². The van der Waals surface area contributed by atoms with Crippen molar-refractivity contribution in [2.45, 2.75) is 79.6 Å². The molecule has 5 aromatic carbocycles. The van der Waals surface area contributed by atoms with Crippen LogP contribution in [0.1, 0.15) is 88.0 Å². The maximum atomic E-state index is 3.57. The van der Waals surface area contributed by atoms with Crippen molar-refractivity contribution in [2.24, 2.45) is 0 Å². The standard InChI is InChI=1S/C15H13.C14H23.C13H10.2ClH.Zr/c1-10-3-5-14-12(7-10)9-13-8-11(2)4-6-15(13)14;1-4-7-12-10-11-13(8-5-2)14(12)9-6-3;1-3-7-12(8-4-1)11-13-9-5-2-6-10-13;;;/h3-9H,1-2H3;4-10H2,1-3H3;1-10H;2*1H;/q2*-1;;;;+2/p-2. The van der Waals surface area contributed by atoms with Gasteiger partial charge in [0.2, 0.25) is 0 Å². The number of fused-ring (bicyclic) bond motifs is 3. The van der Waals surface area contributed by atoms with E-state index in [9.17, 15) is 0 Å². The number of hydrogen-bond donors (Lipinski definition) is 0. The molecular formula is C42H46Cl2Zr-2. The molecule has 0 fully saturated rings. The molecule has 0 radical (unpaired) electrons. The summed E-state index contributed by atoms with van der Waals surface area (Å²) in [5.74, 6) is 0. The first-order valence-corrected chi connectivity index (χ1v) is 17.2. The SMILES string of the molecule is CCCC1=[C-]CC(CCC)=C1CCC.Cc1ccc2c(c1)[cH-]c1cc(C)ccc12.[Cl-].[Cl-].[Zr+2]=[C](c1ccccc1)c1ccccc1. The molecule has 0 heterocycles. The van der Waals surface area contributed by atoms with Crippen LogP contribution in [0, 0.1) is 19.9 Å². The Kier molecular flexibility index (Phi) is 17.2. The van der Waals surface area contributed by atoms with Crippen LogP contribution in [-0.2, 0) is 24.2 Å². The molecule has 0 aromatic heterocycles. The molecule has 1 aliphatic carbocycles. The first kappa shape index (κ1) is 38.7. The fourth-order valence-electron chi connectivity index (χ4n) is 5.89. The van der Waals surface area contributed by atoms with Gasteiger partial charge in [-0.2, -0.15) is 11.1 Å². The van der Waals surface area contributed by atoms with Gasteiger partial charge >= 0.3 is 99.2 Å². The van der Waals surface area contributed by atoms with Crippen molar-refractivity contribution in [3.05, 3.63) is 148 Å². The quantitative estimate of drug-likeness (QED) is 0.175. The fraction of sp³-hybridized carbons (Fsp3) is 0.286. The maximum absolute atomic E-state index is 3.57. The number of aryl methyl sites for hydroxylation is 2. The average Bonchev–Trinajstić information content (AvgIpc) is 3.58. The van der Waals surface area contributed by atoms with Gasteiger partial charge in [-0.1, -0.05) is 88.3 Å². The van der Waals surface area contributed by atoms with Crippen molar-refractivity contribution < 1.29 is 49.0 Å². The second-order valence-corrected chi connectivity index (χ2v) is 12.8. The van der Waals surface area contributed by atoms with E-state index in [1.54, 1.807) is 11.1 Å². The Bertz CT molecular complexity index is 1590. The van der Waals surface area contributed by atoms with E-state index in [1.165, 1.54) is 115 Å². The molecular weight excluding hydrogens is 667 g/mol. The van der Waals surface area contributed by atoms with Gasteiger partial charge in [-0.25, -0.2) is 5.57 Å². The number of hydrogen-bond acceptors (Lipinski definition) is 0. The van der Waals surface area contributed by atoms with Crippen LogP contribution in [0.5, 0.6) is 0 Å². The van der Waals surface area contributed by atoms with Crippen LogP contribution in [0.4, 0.5) is 0 Å².